The molecule has 0 saturated heterocycles. The van der Waals surface area contributed by atoms with Gasteiger partial charge in [0.2, 0.25) is 0 Å². The molecule has 0 saturated carbocycles. The van der Waals surface area contributed by atoms with Crippen molar-refractivity contribution in [3.05, 3.63) is 294 Å². The Morgan fingerprint density at radius 3 is 1.69 bits per heavy atom. The molecule has 14 rings (SSSR count). The predicted octanol–water partition coefficient (Wildman–Crippen LogP) is 21.4. The average Bonchev–Trinajstić information content (AvgIpc) is 1.62. The molecule has 0 fully saturated rings. The van der Waals surface area contributed by atoms with Gasteiger partial charge in [-0.25, -0.2) is 15.0 Å². The third-order valence-corrected chi connectivity index (χ3v) is 17.5. The van der Waals surface area contributed by atoms with Crippen molar-refractivity contribution >= 4 is 33.0 Å². The maximum atomic E-state index is 6.55. The molecule has 8 nitrogen and oxygen atoms in total. The second-order valence-electron chi connectivity index (χ2n) is 27.1. The number of hydrogen-bond donors (Lipinski definition) is 0. The molecule has 0 atom stereocenters. The first-order valence-corrected chi connectivity index (χ1v) is 32.9. The molecule has 0 spiro atoms. The van der Waals surface area contributed by atoms with Crippen LogP contribution in [0.1, 0.15) is 126 Å². The Hall–Kier alpha value is -9.79. The van der Waals surface area contributed by atoms with E-state index in [4.69, 9.17) is 29.3 Å². The van der Waals surface area contributed by atoms with Gasteiger partial charge in [-0.1, -0.05) is 214 Å². The van der Waals surface area contributed by atoms with E-state index in [1.807, 2.05) is 73.1 Å². The van der Waals surface area contributed by atoms with Crippen molar-refractivity contribution in [3.63, 3.8) is 0 Å². The summed E-state index contributed by atoms with van der Waals surface area (Å²) < 4.78 is 8.90. The van der Waals surface area contributed by atoms with E-state index in [0.717, 1.165) is 115 Å². The molecule has 0 N–H and O–H groups in total. The fourth-order valence-corrected chi connectivity index (χ4v) is 12.4. The van der Waals surface area contributed by atoms with Crippen LogP contribution in [0.3, 0.4) is 0 Å². The molecule has 0 aliphatic carbocycles. The molecular formula is C86H78IrN7O. The van der Waals surface area contributed by atoms with Crippen molar-refractivity contribution in [2.24, 2.45) is 0 Å². The molecule has 0 aliphatic heterocycles. The third-order valence-electron chi connectivity index (χ3n) is 17.5. The molecule has 9 heteroatoms. The zero-order valence-electron chi connectivity index (χ0n) is 55.8. The number of para-hydroxylation sites is 3. The van der Waals surface area contributed by atoms with Crippen LogP contribution in [0, 0.1) is 18.2 Å². The number of nitrogens with zero attached hydrogens (tertiary/aromatic N) is 7. The van der Waals surface area contributed by atoms with Crippen LogP contribution in [0.25, 0.3) is 106 Å². The van der Waals surface area contributed by atoms with Gasteiger partial charge in [-0.15, -0.1) is 89.5 Å². The van der Waals surface area contributed by atoms with Crippen LogP contribution in [0.2, 0.25) is 0 Å². The van der Waals surface area contributed by atoms with E-state index in [0.29, 0.717) is 5.82 Å². The number of benzene rings is 9. The largest absolute Gasteiger partial charge is 3.00 e. The van der Waals surface area contributed by atoms with Gasteiger partial charge in [-0.05, 0) is 129 Å². The molecule has 0 bridgehead atoms. The zero-order chi connectivity index (χ0) is 65.1. The maximum Gasteiger partial charge on any atom is 3.00 e. The molecule has 14 aromatic rings. The molecule has 5 aromatic heterocycles. The number of hydrogen-bond acceptors (Lipinski definition) is 7. The molecule has 472 valence electrons. The van der Waals surface area contributed by atoms with Crippen molar-refractivity contribution in [1.82, 2.24) is 34.5 Å². The summed E-state index contributed by atoms with van der Waals surface area (Å²) in [6.07, 6.45) is 7.68. The molecule has 5 heterocycles. The summed E-state index contributed by atoms with van der Waals surface area (Å²) >= 11 is 0. The van der Waals surface area contributed by atoms with E-state index >= 15 is 0 Å². The van der Waals surface area contributed by atoms with Gasteiger partial charge in [-0.2, -0.15) is 0 Å². The van der Waals surface area contributed by atoms with Gasteiger partial charge in [0.25, 0.3) is 0 Å². The van der Waals surface area contributed by atoms with Crippen LogP contribution in [0.15, 0.2) is 235 Å². The SMILES string of the molecule is CC(C)c1cc(-c2ccc(-c3nc(C(C)(C)C)nc(C(C)(C)C)n3)cc2)cc(C(C)C)c1-n1c(-c2[c-]ccc3c2oc2ccccc23)nc2ccccc21.[Ir+3].[c-]1cc(CCc2ccccc2-c2ccccc2CCc2ccc(-c3[c-]cccc3)nc2)ccc1-c1ccccn1. The van der Waals surface area contributed by atoms with Crippen molar-refractivity contribution in [1.29, 1.82) is 0 Å². The first-order valence-electron chi connectivity index (χ1n) is 32.9. The fraction of sp³-hybridized carbons (Fsp3) is 0.209. The minimum atomic E-state index is -0.198. The van der Waals surface area contributed by atoms with Crippen molar-refractivity contribution in [3.8, 4) is 73.2 Å². The first kappa shape index (κ1) is 65.3. The summed E-state index contributed by atoms with van der Waals surface area (Å²) in [4.78, 5) is 29.2. The van der Waals surface area contributed by atoms with Crippen LogP contribution < -0.4 is 0 Å². The third kappa shape index (κ3) is 14.2. The van der Waals surface area contributed by atoms with Gasteiger partial charge in [-0.3, -0.25) is 4.98 Å². The van der Waals surface area contributed by atoms with Crippen LogP contribution in [0.5, 0.6) is 0 Å². The Bertz CT molecular complexity index is 4770. The van der Waals surface area contributed by atoms with E-state index < -0.39 is 0 Å². The van der Waals surface area contributed by atoms with Gasteiger partial charge in [0, 0.05) is 39.9 Å². The predicted molar refractivity (Wildman–Crippen MR) is 386 cm³/mol. The second-order valence-corrected chi connectivity index (χ2v) is 27.1. The van der Waals surface area contributed by atoms with Gasteiger partial charge in [0.1, 0.15) is 17.2 Å². The average molecular weight is 1420 g/mol. The number of imidazole rings is 1. The van der Waals surface area contributed by atoms with Gasteiger partial charge in [0.05, 0.1) is 22.4 Å². The molecular weight excluding hydrogens is 1340 g/mol. The Kier molecular flexibility index (Phi) is 19.3. The Labute approximate surface area is 573 Å². The van der Waals surface area contributed by atoms with Gasteiger partial charge < -0.3 is 19.0 Å². The number of fused-ring (bicyclic) bond motifs is 4. The number of aromatic nitrogens is 7. The minimum absolute atomic E-state index is 0. The van der Waals surface area contributed by atoms with E-state index in [2.05, 4.69) is 255 Å². The summed E-state index contributed by atoms with van der Waals surface area (Å²) in [5, 5.41) is 2.15. The quantitative estimate of drug-likeness (QED) is 0.0944. The maximum absolute atomic E-state index is 6.55. The molecule has 0 amide bonds. The second kappa shape index (κ2) is 28.0. The Morgan fingerprint density at radius 2 is 1.07 bits per heavy atom. The smallest absolute Gasteiger partial charge is 0.501 e. The molecule has 95 heavy (non-hydrogen) atoms. The van der Waals surface area contributed by atoms with Crippen molar-refractivity contribution in [2.75, 3.05) is 0 Å². The molecule has 9 aromatic carbocycles. The summed E-state index contributed by atoms with van der Waals surface area (Å²) in [5.74, 6) is 3.61. The summed E-state index contributed by atoms with van der Waals surface area (Å²) in [6, 6.07) is 86.6. The molecule has 0 radical (unpaired) electrons. The van der Waals surface area contributed by atoms with E-state index in [9.17, 15) is 0 Å². The van der Waals surface area contributed by atoms with Crippen molar-refractivity contribution in [2.45, 2.75) is 118 Å². The normalized spacial score (nSPS) is 11.7. The standard InChI is InChI=1S/C48H48N5O.C38H30N2.Ir/c1-28(2)36-26-32(30-22-24-31(25-23-30)43-50-45(47(5,6)7)52-46(51-43)48(8,9)10)27-37(29(3)4)41(36)53-39-20-13-12-19-38(39)49-44(53)35-18-15-17-34-33-16-11-14-21-40(33)54-42(34)35;1-2-12-33(13-3-1)38-26-21-30(28-40-38)20-23-32-11-5-7-15-36(32)35-14-6-4-10-31(35)22-17-29-18-24-34(25-19-29)37-16-8-9-27-39-37;/h11-17,19-29H,1-10H3;1-12,14-16,18-19,21,24,26-28H,17,20,22-23H2;/q-1;-2;+3. The molecule has 0 unspecified atom stereocenters. The summed E-state index contributed by atoms with van der Waals surface area (Å²) in [5.41, 5.74) is 22.9. The van der Waals surface area contributed by atoms with E-state index in [1.165, 1.54) is 55.8 Å². The first-order chi connectivity index (χ1) is 45.5. The topological polar surface area (TPSA) is 95.4 Å². The van der Waals surface area contributed by atoms with Crippen LogP contribution in [-0.2, 0) is 56.6 Å². The van der Waals surface area contributed by atoms with E-state index in [1.54, 1.807) is 0 Å². The summed E-state index contributed by atoms with van der Waals surface area (Å²) in [7, 11) is 0. The van der Waals surface area contributed by atoms with Gasteiger partial charge in [0.15, 0.2) is 5.82 Å². The number of aryl methyl sites for hydroxylation is 4. The minimum Gasteiger partial charge on any atom is -0.501 e. The van der Waals surface area contributed by atoms with E-state index in [-0.39, 0.29) is 42.8 Å². The fourth-order valence-electron chi connectivity index (χ4n) is 12.4. The number of furan rings is 1. The summed E-state index contributed by atoms with van der Waals surface area (Å²) in [6.45, 7) is 22.0. The van der Waals surface area contributed by atoms with Crippen LogP contribution in [0.4, 0.5) is 0 Å². The number of pyridine rings is 2. The monoisotopic (exact) mass is 1420 g/mol. The Morgan fingerprint density at radius 1 is 0.474 bits per heavy atom. The van der Waals surface area contributed by atoms with Crippen LogP contribution >= 0.6 is 0 Å². The van der Waals surface area contributed by atoms with Gasteiger partial charge >= 0.3 is 20.1 Å². The Balaban J connectivity index is 0.000000188. The van der Waals surface area contributed by atoms with Crippen molar-refractivity contribution < 1.29 is 24.5 Å². The zero-order valence-corrected chi connectivity index (χ0v) is 58.2. The number of rotatable bonds is 15. The van der Waals surface area contributed by atoms with Crippen LogP contribution in [-0.4, -0.2) is 34.5 Å². The molecule has 0 aliphatic rings.